The average Bonchev–Trinajstić information content (AvgIpc) is 2.57. The monoisotopic (exact) mass is 390 g/mol. The molecule has 28 heavy (non-hydrogen) atoms. The number of rotatable bonds is 3. The van der Waals surface area contributed by atoms with Crippen LogP contribution in [0.25, 0.3) is 0 Å². The molecule has 6 nitrogen and oxygen atoms in total. The van der Waals surface area contributed by atoms with E-state index >= 15 is 0 Å². The van der Waals surface area contributed by atoms with Crippen LogP contribution in [-0.2, 0) is 9.47 Å². The molecule has 6 heteroatoms. The first-order valence-corrected chi connectivity index (χ1v) is 9.96. The van der Waals surface area contributed by atoms with Crippen LogP contribution in [0.4, 0.5) is 9.59 Å². The van der Waals surface area contributed by atoms with Gasteiger partial charge in [-0.2, -0.15) is 0 Å². The molecule has 1 unspecified atom stereocenters. The molecule has 0 saturated carbocycles. The number of benzene rings is 1. The molecule has 1 saturated heterocycles. The second-order valence-electron chi connectivity index (χ2n) is 9.47. The summed E-state index contributed by atoms with van der Waals surface area (Å²) in [6.07, 6.45) is 0.468. The van der Waals surface area contributed by atoms with Gasteiger partial charge in [0.1, 0.15) is 11.7 Å². The van der Waals surface area contributed by atoms with E-state index in [4.69, 9.17) is 9.47 Å². The van der Waals surface area contributed by atoms with E-state index in [-0.39, 0.29) is 23.7 Å². The fourth-order valence-electron chi connectivity index (χ4n) is 3.28. The van der Waals surface area contributed by atoms with Crippen molar-refractivity contribution in [2.24, 2.45) is 5.41 Å². The third-order valence-corrected chi connectivity index (χ3v) is 4.51. The van der Waals surface area contributed by atoms with Crippen LogP contribution in [0.2, 0.25) is 0 Å². The lowest BCUT2D eigenvalue weighted by Gasteiger charge is -2.36. The Morgan fingerprint density at radius 1 is 1.11 bits per heavy atom. The minimum atomic E-state index is -0.549. The normalized spacial score (nSPS) is 18.9. The molecule has 2 atom stereocenters. The summed E-state index contributed by atoms with van der Waals surface area (Å²) in [5, 5.41) is 2.86. The van der Waals surface area contributed by atoms with E-state index in [1.165, 1.54) is 0 Å². The summed E-state index contributed by atoms with van der Waals surface area (Å²) < 4.78 is 11.2. The predicted molar refractivity (Wildman–Crippen MR) is 109 cm³/mol. The fourth-order valence-corrected chi connectivity index (χ4v) is 3.28. The molecule has 1 aliphatic heterocycles. The van der Waals surface area contributed by atoms with Gasteiger partial charge in [0.15, 0.2) is 0 Å². The molecular weight excluding hydrogens is 356 g/mol. The maximum absolute atomic E-state index is 12.8. The Hall–Kier alpha value is -2.24. The molecule has 1 N–H and O–H groups in total. The van der Waals surface area contributed by atoms with Gasteiger partial charge in [0.25, 0.3) is 0 Å². The summed E-state index contributed by atoms with van der Waals surface area (Å²) in [4.78, 5) is 26.6. The van der Waals surface area contributed by atoms with Gasteiger partial charge in [0, 0.05) is 24.5 Å². The van der Waals surface area contributed by atoms with Crippen LogP contribution < -0.4 is 5.32 Å². The minimum absolute atomic E-state index is 0.138. The maximum Gasteiger partial charge on any atom is 0.410 e. The molecule has 2 amide bonds. The highest BCUT2D eigenvalue weighted by molar-refractivity contribution is 5.70. The van der Waals surface area contributed by atoms with Crippen LogP contribution in [0.15, 0.2) is 30.3 Å². The molecule has 1 aromatic rings. The number of alkyl carbamates (subject to hydrolysis) is 1. The number of amides is 2. The SMILES string of the molecule is CC(C)(C)OC(=O)NC1CCCN(C(=O)O[C@H](c2ccccc2)C(C)(C)C)C1. The predicted octanol–water partition coefficient (Wildman–Crippen LogP) is 4.90. The molecule has 0 radical (unpaired) electrons. The molecule has 1 aliphatic rings. The summed E-state index contributed by atoms with van der Waals surface area (Å²) in [7, 11) is 0. The number of likely N-dealkylation sites (tertiary alicyclic amines) is 1. The van der Waals surface area contributed by atoms with Crippen molar-refractivity contribution in [2.75, 3.05) is 13.1 Å². The number of nitrogens with zero attached hydrogens (tertiary/aromatic N) is 1. The number of nitrogens with one attached hydrogen (secondary N) is 1. The first-order valence-electron chi connectivity index (χ1n) is 9.96. The van der Waals surface area contributed by atoms with E-state index in [2.05, 4.69) is 26.1 Å². The van der Waals surface area contributed by atoms with E-state index in [1.807, 2.05) is 51.1 Å². The van der Waals surface area contributed by atoms with Gasteiger partial charge in [0.05, 0.1) is 0 Å². The third kappa shape index (κ3) is 6.73. The molecule has 1 aromatic carbocycles. The van der Waals surface area contributed by atoms with Gasteiger partial charge in [-0.05, 0) is 39.2 Å². The Balaban J connectivity index is 1.99. The Kier molecular flexibility index (Phi) is 6.96. The Labute approximate surface area is 168 Å². The van der Waals surface area contributed by atoms with E-state index in [0.29, 0.717) is 13.1 Å². The highest BCUT2D eigenvalue weighted by atomic mass is 16.6. The van der Waals surface area contributed by atoms with E-state index in [9.17, 15) is 9.59 Å². The number of ether oxygens (including phenoxy) is 2. The minimum Gasteiger partial charge on any atom is -0.444 e. The maximum atomic E-state index is 12.8. The molecule has 0 bridgehead atoms. The standard InChI is InChI=1S/C22H34N2O4/c1-21(2,3)18(16-11-8-7-9-12-16)27-20(26)24-14-10-13-17(15-24)23-19(25)28-22(4,5)6/h7-9,11-12,17-18H,10,13-15H2,1-6H3,(H,23,25)/t17?,18-/m1/s1. The van der Waals surface area contributed by atoms with Crippen LogP contribution in [0.1, 0.15) is 66.1 Å². The van der Waals surface area contributed by atoms with Gasteiger partial charge in [0.2, 0.25) is 0 Å². The number of carbonyl (C=O) groups is 2. The Morgan fingerprint density at radius 2 is 1.75 bits per heavy atom. The van der Waals surface area contributed by atoms with Crippen molar-refractivity contribution in [1.29, 1.82) is 0 Å². The van der Waals surface area contributed by atoms with Gasteiger partial charge in [-0.3, -0.25) is 0 Å². The lowest BCUT2D eigenvalue weighted by molar-refractivity contribution is 0.00260. The van der Waals surface area contributed by atoms with Gasteiger partial charge in [-0.1, -0.05) is 51.1 Å². The second-order valence-corrected chi connectivity index (χ2v) is 9.47. The summed E-state index contributed by atoms with van der Waals surface area (Å²) >= 11 is 0. The molecule has 1 heterocycles. The van der Waals surface area contributed by atoms with Crippen molar-refractivity contribution in [3.63, 3.8) is 0 Å². The lowest BCUT2D eigenvalue weighted by atomic mass is 9.84. The van der Waals surface area contributed by atoms with Crippen molar-refractivity contribution < 1.29 is 19.1 Å². The second kappa shape index (κ2) is 8.84. The highest BCUT2D eigenvalue weighted by Crippen LogP contribution is 2.36. The van der Waals surface area contributed by atoms with Crippen molar-refractivity contribution in [1.82, 2.24) is 10.2 Å². The quantitative estimate of drug-likeness (QED) is 0.797. The molecular formula is C22H34N2O4. The van der Waals surface area contributed by atoms with Gasteiger partial charge in [-0.15, -0.1) is 0 Å². The van der Waals surface area contributed by atoms with Crippen LogP contribution in [0, 0.1) is 5.41 Å². The number of hydrogen-bond acceptors (Lipinski definition) is 4. The van der Waals surface area contributed by atoms with E-state index in [0.717, 1.165) is 18.4 Å². The third-order valence-electron chi connectivity index (χ3n) is 4.51. The number of carbonyl (C=O) groups excluding carboxylic acids is 2. The number of hydrogen-bond donors (Lipinski definition) is 1. The molecule has 0 aliphatic carbocycles. The van der Waals surface area contributed by atoms with Crippen molar-refractivity contribution in [3.8, 4) is 0 Å². The first kappa shape index (κ1) is 22.1. The zero-order valence-electron chi connectivity index (χ0n) is 18.0. The summed E-state index contributed by atoms with van der Waals surface area (Å²) in [5.74, 6) is 0. The highest BCUT2D eigenvalue weighted by Gasteiger charge is 2.33. The topological polar surface area (TPSA) is 67.9 Å². The van der Waals surface area contributed by atoms with Gasteiger partial charge in [-0.25, -0.2) is 9.59 Å². The molecule has 2 rings (SSSR count). The van der Waals surface area contributed by atoms with Crippen LogP contribution in [0.3, 0.4) is 0 Å². The zero-order valence-corrected chi connectivity index (χ0v) is 18.0. The first-order chi connectivity index (χ1) is 13.0. The van der Waals surface area contributed by atoms with E-state index < -0.39 is 11.7 Å². The lowest BCUT2D eigenvalue weighted by Crippen LogP contribution is -2.51. The average molecular weight is 391 g/mol. The van der Waals surface area contributed by atoms with Crippen molar-refractivity contribution in [3.05, 3.63) is 35.9 Å². The van der Waals surface area contributed by atoms with Gasteiger partial charge < -0.3 is 19.7 Å². The van der Waals surface area contributed by atoms with Gasteiger partial charge >= 0.3 is 12.2 Å². The molecule has 1 fully saturated rings. The molecule has 156 valence electrons. The largest absolute Gasteiger partial charge is 0.444 e. The fraction of sp³-hybridized carbons (Fsp3) is 0.636. The number of piperidine rings is 1. The molecule has 0 aromatic heterocycles. The smallest absolute Gasteiger partial charge is 0.410 e. The summed E-state index contributed by atoms with van der Waals surface area (Å²) in [6, 6.07) is 9.66. The Bertz CT molecular complexity index is 661. The Morgan fingerprint density at radius 3 is 2.32 bits per heavy atom. The summed E-state index contributed by atoms with van der Waals surface area (Å²) in [6.45, 7) is 12.7. The zero-order chi connectivity index (χ0) is 20.9. The van der Waals surface area contributed by atoms with Crippen molar-refractivity contribution in [2.45, 2.75) is 72.1 Å². The summed E-state index contributed by atoms with van der Waals surface area (Å²) in [5.41, 5.74) is 0.192. The van der Waals surface area contributed by atoms with Crippen LogP contribution in [-0.4, -0.2) is 41.8 Å². The van der Waals surface area contributed by atoms with Crippen LogP contribution >= 0.6 is 0 Å². The van der Waals surface area contributed by atoms with Crippen LogP contribution in [0.5, 0.6) is 0 Å². The molecule has 0 spiro atoms. The van der Waals surface area contributed by atoms with E-state index in [1.54, 1.807) is 4.90 Å². The van der Waals surface area contributed by atoms with Crippen molar-refractivity contribution >= 4 is 12.2 Å².